The summed E-state index contributed by atoms with van der Waals surface area (Å²) < 4.78 is 40.0. The SMILES string of the molecule is Nc1cc(Br)c(F)c(S(=O)(=O)Nc2nccc(Cl)n2)c1. The van der Waals surface area contributed by atoms with Gasteiger partial charge < -0.3 is 5.73 Å². The maximum atomic E-state index is 13.9. The van der Waals surface area contributed by atoms with E-state index < -0.39 is 20.7 Å². The predicted octanol–water partition coefficient (Wildman–Crippen LogP) is 2.41. The lowest BCUT2D eigenvalue weighted by molar-refractivity contribution is 0.566. The average Bonchev–Trinajstić information content (AvgIpc) is 2.33. The van der Waals surface area contributed by atoms with Gasteiger partial charge in [0.05, 0.1) is 4.47 Å². The third-order valence-electron chi connectivity index (χ3n) is 2.15. The minimum absolute atomic E-state index is 0.0481. The number of hydrogen-bond acceptors (Lipinski definition) is 5. The summed E-state index contributed by atoms with van der Waals surface area (Å²) in [5.41, 5.74) is 5.59. The summed E-state index contributed by atoms with van der Waals surface area (Å²) in [6.07, 6.45) is 1.26. The second-order valence-corrected chi connectivity index (χ2v) is 6.52. The van der Waals surface area contributed by atoms with Crippen LogP contribution in [-0.2, 0) is 10.0 Å². The molecule has 2 rings (SSSR count). The molecule has 0 aliphatic carbocycles. The van der Waals surface area contributed by atoms with Crippen LogP contribution in [0.3, 0.4) is 0 Å². The number of hydrogen-bond donors (Lipinski definition) is 2. The molecule has 3 N–H and O–H groups in total. The number of halogens is 3. The molecule has 106 valence electrons. The van der Waals surface area contributed by atoms with Gasteiger partial charge in [-0.25, -0.2) is 27.5 Å². The van der Waals surface area contributed by atoms with Crippen molar-refractivity contribution in [3.05, 3.63) is 39.8 Å². The molecule has 0 amide bonds. The Bertz CT molecular complexity index is 772. The van der Waals surface area contributed by atoms with Crippen LogP contribution in [0.4, 0.5) is 16.0 Å². The first-order chi connectivity index (χ1) is 9.29. The number of sulfonamides is 1. The molecule has 0 fully saturated rings. The summed E-state index contributed by atoms with van der Waals surface area (Å²) in [6, 6.07) is 3.62. The Morgan fingerprint density at radius 1 is 1.40 bits per heavy atom. The van der Waals surface area contributed by atoms with Gasteiger partial charge in [0.2, 0.25) is 5.95 Å². The van der Waals surface area contributed by atoms with E-state index in [9.17, 15) is 12.8 Å². The molecule has 10 heteroatoms. The van der Waals surface area contributed by atoms with Gasteiger partial charge in [0.1, 0.15) is 10.0 Å². The van der Waals surface area contributed by atoms with E-state index in [4.69, 9.17) is 17.3 Å². The number of nitrogens with one attached hydrogen (secondary N) is 1. The van der Waals surface area contributed by atoms with E-state index in [2.05, 4.69) is 25.9 Å². The van der Waals surface area contributed by atoms with Crippen LogP contribution in [0.5, 0.6) is 0 Å². The Balaban J connectivity index is 2.46. The molecule has 6 nitrogen and oxygen atoms in total. The standard InChI is InChI=1S/C10H7BrClFN4O2S/c11-6-3-5(14)4-7(9(6)13)20(18,19)17-10-15-2-1-8(12)16-10/h1-4H,14H2,(H,15,16,17). The fraction of sp³-hybridized carbons (Fsp3) is 0. The van der Waals surface area contributed by atoms with E-state index in [-0.39, 0.29) is 21.3 Å². The fourth-order valence-corrected chi connectivity index (χ4v) is 3.17. The van der Waals surface area contributed by atoms with E-state index in [0.29, 0.717) is 0 Å². The number of rotatable bonds is 3. The van der Waals surface area contributed by atoms with Crippen molar-refractivity contribution >= 4 is 49.2 Å². The van der Waals surface area contributed by atoms with Gasteiger partial charge in [0.25, 0.3) is 10.0 Å². The lowest BCUT2D eigenvalue weighted by Crippen LogP contribution is -2.17. The van der Waals surface area contributed by atoms with Crippen LogP contribution in [0, 0.1) is 5.82 Å². The van der Waals surface area contributed by atoms with Gasteiger partial charge in [-0.3, -0.25) is 0 Å². The summed E-state index contributed by atoms with van der Waals surface area (Å²) in [7, 11) is -4.22. The van der Waals surface area contributed by atoms with Gasteiger partial charge in [0, 0.05) is 11.9 Å². The van der Waals surface area contributed by atoms with Crippen molar-refractivity contribution in [2.45, 2.75) is 4.90 Å². The summed E-state index contributed by atoms with van der Waals surface area (Å²) in [5, 5.41) is 0.0481. The van der Waals surface area contributed by atoms with Gasteiger partial charge in [-0.15, -0.1) is 0 Å². The number of anilines is 2. The summed E-state index contributed by atoms with van der Waals surface area (Å²) in [5.74, 6) is -1.23. The lowest BCUT2D eigenvalue weighted by Gasteiger charge is -2.09. The predicted molar refractivity (Wildman–Crippen MR) is 76.4 cm³/mol. The molecule has 0 aliphatic rings. The molecule has 0 atom stereocenters. The van der Waals surface area contributed by atoms with Crippen molar-refractivity contribution in [3.8, 4) is 0 Å². The highest BCUT2D eigenvalue weighted by molar-refractivity contribution is 9.10. The Morgan fingerprint density at radius 2 is 2.10 bits per heavy atom. The quantitative estimate of drug-likeness (QED) is 0.628. The normalized spacial score (nSPS) is 11.3. The molecule has 20 heavy (non-hydrogen) atoms. The highest BCUT2D eigenvalue weighted by Gasteiger charge is 2.23. The molecule has 0 unspecified atom stereocenters. The highest BCUT2D eigenvalue weighted by Crippen LogP contribution is 2.27. The Labute approximate surface area is 127 Å². The number of nitrogen functional groups attached to an aromatic ring is 1. The van der Waals surface area contributed by atoms with Crippen LogP contribution in [0.2, 0.25) is 5.15 Å². The van der Waals surface area contributed by atoms with E-state index in [1.807, 2.05) is 4.72 Å². The maximum Gasteiger partial charge on any atom is 0.267 e. The smallest absolute Gasteiger partial charge is 0.267 e. The molecule has 0 saturated carbocycles. The minimum Gasteiger partial charge on any atom is -0.399 e. The van der Waals surface area contributed by atoms with Crippen molar-refractivity contribution in [1.29, 1.82) is 0 Å². The molecule has 0 aliphatic heterocycles. The summed E-state index contributed by atoms with van der Waals surface area (Å²) >= 11 is 8.50. The number of aromatic nitrogens is 2. The molecule has 0 bridgehead atoms. The third kappa shape index (κ3) is 3.17. The molecule has 1 heterocycles. The van der Waals surface area contributed by atoms with Crippen LogP contribution in [0.1, 0.15) is 0 Å². The van der Waals surface area contributed by atoms with Crippen molar-refractivity contribution < 1.29 is 12.8 Å². The first-order valence-corrected chi connectivity index (χ1v) is 7.71. The van der Waals surface area contributed by atoms with Crippen LogP contribution < -0.4 is 10.5 Å². The maximum absolute atomic E-state index is 13.9. The molecule has 2 aromatic rings. The van der Waals surface area contributed by atoms with Gasteiger partial charge in [-0.05, 0) is 34.1 Å². The van der Waals surface area contributed by atoms with E-state index in [1.54, 1.807) is 0 Å². The zero-order chi connectivity index (χ0) is 14.9. The van der Waals surface area contributed by atoms with E-state index >= 15 is 0 Å². The van der Waals surface area contributed by atoms with Gasteiger partial charge in [-0.2, -0.15) is 0 Å². The van der Waals surface area contributed by atoms with Gasteiger partial charge in [0.15, 0.2) is 5.82 Å². The largest absolute Gasteiger partial charge is 0.399 e. The topological polar surface area (TPSA) is 98.0 Å². The Hall–Kier alpha value is -1.45. The molecular weight excluding hydrogens is 375 g/mol. The minimum atomic E-state index is -4.22. The highest BCUT2D eigenvalue weighted by atomic mass is 79.9. The van der Waals surface area contributed by atoms with Crippen molar-refractivity contribution in [1.82, 2.24) is 9.97 Å². The zero-order valence-electron chi connectivity index (χ0n) is 9.64. The van der Waals surface area contributed by atoms with Crippen LogP contribution in [0.15, 0.2) is 33.8 Å². The molecule has 0 saturated heterocycles. The number of nitrogens with zero attached hydrogens (tertiary/aromatic N) is 2. The Morgan fingerprint density at radius 3 is 2.75 bits per heavy atom. The van der Waals surface area contributed by atoms with Crippen LogP contribution >= 0.6 is 27.5 Å². The number of benzene rings is 1. The molecule has 1 aromatic carbocycles. The molecule has 0 radical (unpaired) electrons. The van der Waals surface area contributed by atoms with Crippen LogP contribution in [0.25, 0.3) is 0 Å². The van der Waals surface area contributed by atoms with Crippen molar-refractivity contribution in [2.24, 2.45) is 0 Å². The van der Waals surface area contributed by atoms with Gasteiger partial charge >= 0.3 is 0 Å². The zero-order valence-corrected chi connectivity index (χ0v) is 12.8. The van der Waals surface area contributed by atoms with Crippen molar-refractivity contribution in [2.75, 3.05) is 10.5 Å². The second kappa shape index (κ2) is 5.51. The Kier molecular flexibility index (Phi) is 4.11. The van der Waals surface area contributed by atoms with Gasteiger partial charge in [-0.1, -0.05) is 11.6 Å². The van der Waals surface area contributed by atoms with Crippen LogP contribution in [-0.4, -0.2) is 18.4 Å². The molecular formula is C10H7BrClFN4O2S. The summed E-state index contributed by atoms with van der Waals surface area (Å²) in [4.78, 5) is 6.71. The third-order valence-corrected chi connectivity index (χ3v) is 4.27. The first kappa shape index (κ1) is 14.9. The van der Waals surface area contributed by atoms with Crippen molar-refractivity contribution in [3.63, 3.8) is 0 Å². The van der Waals surface area contributed by atoms with E-state index in [0.717, 1.165) is 6.07 Å². The lowest BCUT2D eigenvalue weighted by atomic mass is 10.3. The summed E-state index contributed by atoms with van der Waals surface area (Å²) in [6.45, 7) is 0. The fourth-order valence-electron chi connectivity index (χ4n) is 1.34. The monoisotopic (exact) mass is 380 g/mol. The number of nitrogens with two attached hydrogens (primary N) is 1. The second-order valence-electron chi connectivity index (χ2n) is 3.62. The van der Waals surface area contributed by atoms with E-state index in [1.165, 1.54) is 18.3 Å². The first-order valence-electron chi connectivity index (χ1n) is 5.05. The molecule has 0 spiro atoms. The average molecular weight is 382 g/mol. The molecule has 1 aromatic heterocycles.